The standard InChI is InChI=1S/C5H5BrN2O2/c1-2-7-3(5(9)10)4(6)8-2/h1H3,(H,7,8)(H,9,10). The lowest BCUT2D eigenvalue weighted by atomic mass is 10.5. The van der Waals surface area contributed by atoms with Gasteiger partial charge in [-0.15, -0.1) is 0 Å². The second kappa shape index (κ2) is 2.42. The molecule has 1 heterocycles. The lowest BCUT2D eigenvalue weighted by molar-refractivity contribution is 0.0690. The summed E-state index contributed by atoms with van der Waals surface area (Å²) in [6.07, 6.45) is 0. The van der Waals surface area contributed by atoms with Crippen LogP contribution in [0.2, 0.25) is 0 Å². The van der Waals surface area contributed by atoms with Crippen molar-refractivity contribution in [3.05, 3.63) is 16.1 Å². The maximum absolute atomic E-state index is 10.3. The van der Waals surface area contributed by atoms with E-state index in [1.54, 1.807) is 6.92 Å². The van der Waals surface area contributed by atoms with Gasteiger partial charge in [0.1, 0.15) is 10.4 Å². The van der Waals surface area contributed by atoms with Crippen LogP contribution in [0.25, 0.3) is 0 Å². The summed E-state index contributed by atoms with van der Waals surface area (Å²) in [5.41, 5.74) is 0.0949. The predicted octanol–water partition coefficient (Wildman–Crippen LogP) is 1.18. The molecule has 1 aromatic heterocycles. The van der Waals surface area contributed by atoms with Gasteiger partial charge in [-0.25, -0.2) is 9.78 Å². The monoisotopic (exact) mass is 204 g/mol. The third-order valence-corrected chi connectivity index (χ3v) is 1.57. The van der Waals surface area contributed by atoms with E-state index >= 15 is 0 Å². The van der Waals surface area contributed by atoms with E-state index in [0.717, 1.165) is 0 Å². The number of H-pyrrole nitrogens is 1. The van der Waals surface area contributed by atoms with Gasteiger partial charge >= 0.3 is 5.97 Å². The topological polar surface area (TPSA) is 66.0 Å². The molecule has 4 nitrogen and oxygen atoms in total. The van der Waals surface area contributed by atoms with Gasteiger partial charge < -0.3 is 10.1 Å². The van der Waals surface area contributed by atoms with Crippen molar-refractivity contribution in [3.63, 3.8) is 0 Å². The molecule has 1 aromatic rings. The number of carboxylic acids is 1. The SMILES string of the molecule is Cc1nc(Br)c(C(=O)O)[nH]1. The Labute approximate surface area is 65.4 Å². The number of aryl methyl sites for hydroxylation is 1. The van der Waals surface area contributed by atoms with Gasteiger partial charge in [0, 0.05) is 0 Å². The van der Waals surface area contributed by atoms with E-state index in [2.05, 4.69) is 25.9 Å². The van der Waals surface area contributed by atoms with Crippen molar-refractivity contribution in [1.29, 1.82) is 0 Å². The van der Waals surface area contributed by atoms with Crippen LogP contribution in [0.1, 0.15) is 16.3 Å². The highest BCUT2D eigenvalue weighted by Gasteiger charge is 2.11. The molecule has 0 aliphatic carbocycles. The summed E-state index contributed by atoms with van der Waals surface area (Å²) in [5.74, 6) is -0.420. The molecule has 0 atom stereocenters. The maximum atomic E-state index is 10.3. The molecule has 0 amide bonds. The quantitative estimate of drug-likeness (QED) is 0.723. The summed E-state index contributed by atoms with van der Waals surface area (Å²) in [4.78, 5) is 16.7. The number of imidazole rings is 1. The highest BCUT2D eigenvalue weighted by atomic mass is 79.9. The van der Waals surface area contributed by atoms with E-state index in [9.17, 15) is 4.79 Å². The molecule has 0 fully saturated rings. The van der Waals surface area contributed by atoms with E-state index in [1.165, 1.54) is 0 Å². The molecule has 5 heteroatoms. The van der Waals surface area contributed by atoms with Crippen molar-refractivity contribution in [2.45, 2.75) is 6.92 Å². The Kier molecular flexibility index (Phi) is 1.76. The number of carboxylic acid groups (broad SMARTS) is 1. The fourth-order valence-electron chi connectivity index (χ4n) is 0.605. The predicted molar refractivity (Wildman–Crippen MR) is 38.0 cm³/mol. The van der Waals surface area contributed by atoms with Crippen molar-refractivity contribution in [2.75, 3.05) is 0 Å². The van der Waals surface area contributed by atoms with Crippen molar-refractivity contribution in [2.24, 2.45) is 0 Å². The fourth-order valence-corrected chi connectivity index (χ4v) is 1.14. The molecule has 0 unspecified atom stereocenters. The Bertz CT molecular complexity index is 269. The molecule has 1 rings (SSSR count). The van der Waals surface area contributed by atoms with Crippen LogP contribution >= 0.6 is 15.9 Å². The Hall–Kier alpha value is -0.840. The first-order valence-electron chi connectivity index (χ1n) is 2.56. The Morgan fingerprint density at radius 2 is 2.40 bits per heavy atom. The first kappa shape index (κ1) is 7.27. The number of nitrogens with one attached hydrogen (secondary N) is 1. The first-order valence-corrected chi connectivity index (χ1v) is 3.36. The minimum Gasteiger partial charge on any atom is -0.476 e. The minimum absolute atomic E-state index is 0.0949. The number of aromatic carboxylic acids is 1. The third kappa shape index (κ3) is 1.18. The molecule has 0 saturated heterocycles. The highest BCUT2D eigenvalue weighted by molar-refractivity contribution is 9.10. The number of rotatable bonds is 1. The maximum Gasteiger partial charge on any atom is 0.355 e. The number of aromatic amines is 1. The van der Waals surface area contributed by atoms with Crippen LogP contribution in [0.15, 0.2) is 4.60 Å². The van der Waals surface area contributed by atoms with E-state index in [4.69, 9.17) is 5.11 Å². The molecular weight excluding hydrogens is 200 g/mol. The van der Waals surface area contributed by atoms with E-state index < -0.39 is 5.97 Å². The lowest BCUT2D eigenvalue weighted by Crippen LogP contribution is -1.96. The Morgan fingerprint density at radius 1 is 1.80 bits per heavy atom. The molecular formula is C5H5BrN2O2. The van der Waals surface area contributed by atoms with Gasteiger partial charge in [-0.05, 0) is 22.9 Å². The molecule has 0 bridgehead atoms. The molecule has 0 radical (unpaired) electrons. The summed E-state index contributed by atoms with van der Waals surface area (Å²) >= 11 is 2.99. The zero-order valence-electron chi connectivity index (χ0n) is 5.18. The second-order valence-corrected chi connectivity index (χ2v) is 2.54. The van der Waals surface area contributed by atoms with Gasteiger partial charge in [0.05, 0.1) is 0 Å². The molecule has 0 aliphatic rings. The summed E-state index contributed by atoms with van der Waals surface area (Å²) in [6, 6.07) is 0. The van der Waals surface area contributed by atoms with Gasteiger partial charge in [-0.2, -0.15) is 0 Å². The Morgan fingerprint density at radius 3 is 2.60 bits per heavy atom. The normalized spacial score (nSPS) is 9.80. The molecule has 2 N–H and O–H groups in total. The molecule has 54 valence electrons. The number of nitrogens with zero attached hydrogens (tertiary/aromatic N) is 1. The number of hydrogen-bond donors (Lipinski definition) is 2. The van der Waals surface area contributed by atoms with Gasteiger partial charge in [0.25, 0.3) is 0 Å². The number of aromatic nitrogens is 2. The second-order valence-electron chi connectivity index (χ2n) is 1.79. The van der Waals surface area contributed by atoms with E-state index in [1.807, 2.05) is 0 Å². The fraction of sp³-hybridized carbons (Fsp3) is 0.200. The summed E-state index contributed by atoms with van der Waals surface area (Å²) < 4.78 is 0.345. The van der Waals surface area contributed by atoms with Crippen LogP contribution in [0.5, 0.6) is 0 Å². The van der Waals surface area contributed by atoms with Gasteiger partial charge in [-0.1, -0.05) is 0 Å². The largest absolute Gasteiger partial charge is 0.476 e. The molecule has 0 spiro atoms. The van der Waals surface area contributed by atoms with Crippen LogP contribution < -0.4 is 0 Å². The smallest absolute Gasteiger partial charge is 0.355 e. The average molecular weight is 205 g/mol. The molecule has 0 aromatic carbocycles. The number of carbonyl (C=O) groups is 1. The summed E-state index contributed by atoms with van der Waals surface area (Å²) in [7, 11) is 0. The zero-order chi connectivity index (χ0) is 7.72. The zero-order valence-corrected chi connectivity index (χ0v) is 6.77. The minimum atomic E-state index is -1.01. The van der Waals surface area contributed by atoms with Gasteiger partial charge in [0.2, 0.25) is 0 Å². The average Bonchev–Trinajstić information content (AvgIpc) is 2.10. The molecule has 0 aliphatic heterocycles. The van der Waals surface area contributed by atoms with E-state index in [-0.39, 0.29) is 5.69 Å². The summed E-state index contributed by atoms with van der Waals surface area (Å²) in [5, 5.41) is 8.48. The van der Waals surface area contributed by atoms with Crippen LogP contribution in [-0.4, -0.2) is 21.0 Å². The molecule has 10 heavy (non-hydrogen) atoms. The third-order valence-electron chi connectivity index (χ3n) is 0.992. The van der Waals surface area contributed by atoms with Crippen molar-refractivity contribution < 1.29 is 9.90 Å². The van der Waals surface area contributed by atoms with Crippen LogP contribution in [-0.2, 0) is 0 Å². The van der Waals surface area contributed by atoms with Crippen LogP contribution in [0, 0.1) is 6.92 Å². The Balaban J connectivity index is 3.15. The number of hydrogen-bond acceptors (Lipinski definition) is 2. The van der Waals surface area contributed by atoms with Crippen LogP contribution in [0.3, 0.4) is 0 Å². The highest BCUT2D eigenvalue weighted by Crippen LogP contribution is 2.12. The van der Waals surface area contributed by atoms with Gasteiger partial charge in [-0.3, -0.25) is 0 Å². The summed E-state index contributed by atoms with van der Waals surface area (Å²) in [6.45, 7) is 1.69. The lowest BCUT2D eigenvalue weighted by Gasteiger charge is -1.84. The van der Waals surface area contributed by atoms with Crippen molar-refractivity contribution >= 4 is 21.9 Å². The number of halogens is 1. The van der Waals surface area contributed by atoms with Crippen molar-refractivity contribution in [3.8, 4) is 0 Å². The first-order chi connectivity index (χ1) is 4.61. The van der Waals surface area contributed by atoms with Crippen molar-refractivity contribution in [1.82, 2.24) is 9.97 Å². The molecule has 0 saturated carbocycles. The van der Waals surface area contributed by atoms with E-state index in [0.29, 0.717) is 10.4 Å². The van der Waals surface area contributed by atoms with Crippen LogP contribution in [0.4, 0.5) is 0 Å². The van der Waals surface area contributed by atoms with Gasteiger partial charge in [0.15, 0.2) is 5.69 Å².